The normalized spacial score (nSPS) is 22.0. The standard InChI is InChI=1S/C19H25F3N2O4S/c1-23(13-16-5-3-11-28-16)18(25)14-7-9-24(10-8-14)29(26,27)17-6-2-4-15(12-17)19(20,21)22/h2,4,6,12,14,16H,3,5,7-11,13H2,1H3. The topological polar surface area (TPSA) is 66.9 Å². The molecule has 1 amide bonds. The average molecular weight is 434 g/mol. The zero-order chi connectivity index (χ0) is 21.2. The van der Waals surface area contributed by atoms with Crippen molar-refractivity contribution in [3.05, 3.63) is 29.8 Å². The lowest BCUT2D eigenvalue weighted by Crippen LogP contribution is -2.44. The van der Waals surface area contributed by atoms with Gasteiger partial charge in [0.1, 0.15) is 0 Å². The van der Waals surface area contributed by atoms with Crippen LogP contribution in [-0.2, 0) is 25.7 Å². The zero-order valence-electron chi connectivity index (χ0n) is 16.2. The third kappa shape index (κ3) is 5.10. The monoisotopic (exact) mass is 434 g/mol. The number of amides is 1. The van der Waals surface area contributed by atoms with Gasteiger partial charge in [-0.1, -0.05) is 6.07 Å². The van der Waals surface area contributed by atoms with Crippen LogP contribution in [0.1, 0.15) is 31.2 Å². The average Bonchev–Trinajstić information content (AvgIpc) is 3.20. The summed E-state index contributed by atoms with van der Waals surface area (Å²) in [6.07, 6.45) is -1.98. The minimum Gasteiger partial charge on any atom is -0.376 e. The van der Waals surface area contributed by atoms with Gasteiger partial charge in [0.25, 0.3) is 0 Å². The summed E-state index contributed by atoms with van der Waals surface area (Å²) in [6, 6.07) is 3.75. The number of piperidine rings is 1. The quantitative estimate of drug-likeness (QED) is 0.715. The van der Waals surface area contributed by atoms with Gasteiger partial charge < -0.3 is 9.64 Å². The number of hydrogen-bond donors (Lipinski definition) is 0. The molecular formula is C19H25F3N2O4S. The van der Waals surface area contributed by atoms with Gasteiger partial charge >= 0.3 is 6.18 Å². The van der Waals surface area contributed by atoms with Gasteiger partial charge in [-0.3, -0.25) is 4.79 Å². The highest BCUT2D eigenvalue weighted by Crippen LogP contribution is 2.32. The number of nitrogens with zero attached hydrogens (tertiary/aromatic N) is 2. The summed E-state index contributed by atoms with van der Waals surface area (Å²) in [7, 11) is -2.33. The van der Waals surface area contributed by atoms with Gasteiger partial charge in [0.2, 0.25) is 15.9 Å². The molecule has 0 aliphatic carbocycles. The van der Waals surface area contributed by atoms with Crippen LogP contribution in [0, 0.1) is 5.92 Å². The Morgan fingerprint density at radius 3 is 2.52 bits per heavy atom. The second-order valence-corrected chi connectivity index (χ2v) is 9.50. The van der Waals surface area contributed by atoms with Crippen LogP contribution in [0.2, 0.25) is 0 Å². The molecule has 0 aromatic heterocycles. The molecule has 1 unspecified atom stereocenters. The number of carbonyl (C=O) groups is 1. The van der Waals surface area contributed by atoms with Gasteiger partial charge in [-0.25, -0.2) is 8.42 Å². The molecular weight excluding hydrogens is 409 g/mol. The van der Waals surface area contributed by atoms with Crippen LogP contribution in [0.3, 0.4) is 0 Å². The first-order valence-corrected chi connectivity index (χ1v) is 11.1. The Morgan fingerprint density at radius 2 is 1.93 bits per heavy atom. The predicted octanol–water partition coefficient (Wildman–Crippen LogP) is 2.74. The minimum atomic E-state index is -4.61. The van der Waals surface area contributed by atoms with Crippen LogP contribution in [0.15, 0.2) is 29.2 Å². The molecule has 1 aromatic carbocycles. The molecule has 0 spiro atoms. The second-order valence-electron chi connectivity index (χ2n) is 7.56. The molecule has 10 heteroatoms. The van der Waals surface area contributed by atoms with E-state index in [1.54, 1.807) is 11.9 Å². The van der Waals surface area contributed by atoms with Gasteiger partial charge in [-0.2, -0.15) is 17.5 Å². The molecule has 162 valence electrons. The van der Waals surface area contributed by atoms with E-state index in [-0.39, 0.29) is 35.9 Å². The number of benzene rings is 1. The van der Waals surface area contributed by atoms with Crippen molar-refractivity contribution < 1.29 is 31.1 Å². The number of ether oxygens (including phenoxy) is 1. The Balaban J connectivity index is 1.61. The van der Waals surface area contributed by atoms with Crippen molar-refractivity contribution in [1.82, 2.24) is 9.21 Å². The second kappa shape index (κ2) is 8.61. The summed E-state index contributed by atoms with van der Waals surface area (Å²) in [5.41, 5.74) is -1.00. The van der Waals surface area contributed by atoms with Crippen molar-refractivity contribution in [3.8, 4) is 0 Å². The molecule has 0 bridgehead atoms. The summed E-state index contributed by atoms with van der Waals surface area (Å²) < 4.78 is 70.9. The fourth-order valence-corrected chi connectivity index (χ4v) is 5.34. The number of halogens is 3. The highest BCUT2D eigenvalue weighted by Gasteiger charge is 2.36. The Hall–Kier alpha value is -1.65. The number of rotatable bonds is 5. The first kappa shape index (κ1) is 22.0. The maximum absolute atomic E-state index is 12.9. The van der Waals surface area contributed by atoms with Crippen molar-refractivity contribution >= 4 is 15.9 Å². The lowest BCUT2D eigenvalue weighted by molar-refractivity contribution is -0.138. The lowest BCUT2D eigenvalue weighted by atomic mass is 9.96. The zero-order valence-corrected chi connectivity index (χ0v) is 17.0. The van der Waals surface area contributed by atoms with E-state index in [2.05, 4.69) is 0 Å². The van der Waals surface area contributed by atoms with Gasteiger partial charge in [0, 0.05) is 39.2 Å². The molecule has 3 rings (SSSR count). The first-order valence-electron chi connectivity index (χ1n) is 9.63. The van der Waals surface area contributed by atoms with Crippen LogP contribution >= 0.6 is 0 Å². The first-order chi connectivity index (χ1) is 13.6. The van der Waals surface area contributed by atoms with Crippen molar-refractivity contribution in [2.24, 2.45) is 5.92 Å². The molecule has 29 heavy (non-hydrogen) atoms. The van der Waals surface area contributed by atoms with Crippen LogP contribution in [-0.4, -0.2) is 62.9 Å². The number of alkyl halides is 3. The molecule has 2 fully saturated rings. The maximum atomic E-state index is 12.9. The summed E-state index contributed by atoms with van der Waals surface area (Å²) in [5.74, 6) is -0.342. The molecule has 2 aliphatic rings. The van der Waals surface area contributed by atoms with E-state index in [9.17, 15) is 26.4 Å². The van der Waals surface area contributed by atoms with E-state index in [4.69, 9.17) is 4.74 Å². The molecule has 0 N–H and O–H groups in total. The van der Waals surface area contributed by atoms with E-state index in [1.165, 1.54) is 0 Å². The molecule has 1 atom stereocenters. The Morgan fingerprint density at radius 1 is 1.24 bits per heavy atom. The Labute approximate surface area is 168 Å². The molecule has 0 radical (unpaired) electrons. The van der Waals surface area contributed by atoms with Gasteiger partial charge in [-0.15, -0.1) is 0 Å². The maximum Gasteiger partial charge on any atom is 0.416 e. The Bertz CT molecular complexity index is 830. The molecule has 2 heterocycles. The van der Waals surface area contributed by atoms with Crippen molar-refractivity contribution in [1.29, 1.82) is 0 Å². The van der Waals surface area contributed by atoms with E-state index in [0.29, 0.717) is 32.1 Å². The summed E-state index contributed by atoms with van der Waals surface area (Å²) >= 11 is 0. The summed E-state index contributed by atoms with van der Waals surface area (Å²) in [6.45, 7) is 1.42. The van der Waals surface area contributed by atoms with Crippen LogP contribution in [0.4, 0.5) is 13.2 Å². The minimum absolute atomic E-state index is 0.0448. The molecule has 6 nitrogen and oxygen atoms in total. The van der Waals surface area contributed by atoms with Gasteiger partial charge in [-0.05, 0) is 43.9 Å². The number of sulfonamides is 1. The SMILES string of the molecule is CN(CC1CCCO1)C(=O)C1CCN(S(=O)(=O)c2cccc(C(F)(F)F)c2)CC1. The van der Waals surface area contributed by atoms with Crippen LogP contribution < -0.4 is 0 Å². The van der Waals surface area contributed by atoms with E-state index < -0.39 is 21.8 Å². The predicted molar refractivity (Wildman–Crippen MR) is 99.5 cm³/mol. The number of likely N-dealkylation sites (N-methyl/N-ethyl adjacent to an activating group) is 1. The lowest BCUT2D eigenvalue weighted by Gasteiger charge is -2.33. The number of carbonyl (C=O) groups excluding carboxylic acids is 1. The van der Waals surface area contributed by atoms with Crippen molar-refractivity contribution in [2.75, 3.05) is 33.3 Å². The molecule has 0 saturated carbocycles. The highest BCUT2D eigenvalue weighted by atomic mass is 32.2. The third-order valence-corrected chi connectivity index (χ3v) is 7.37. The summed E-state index contributed by atoms with van der Waals surface area (Å²) in [5, 5.41) is 0. The highest BCUT2D eigenvalue weighted by molar-refractivity contribution is 7.89. The van der Waals surface area contributed by atoms with E-state index in [1.807, 2.05) is 0 Å². The van der Waals surface area contributed by atoms with Gasteiger partial charge in [0.15, 0.2) is 0 Å². The third-order valence-electron chi connectivity index (χ3n) is 5.48. The fraction of sp³-hybridized carbons (Fsp3) is 0.632. The summed E-state index contributed by atoms with van der Waals surface area (Å²) in [4.78, 5) is 13.9. The van der Waals surface area contributed by atoms with Crippen molar-refractivity contribution in [3.63, 3.8) is 0 Å². The van der Waals surface area contributed by atoms with Gasteiger partial charge in [0.05, 0.1) is 16.6 Å². The molecule has 2 saturated heterocycles. The van der Waals surface area contributed by atoms with Crippen LogP contribution in [0.5, 0.6) is 0 Å². The van der Waals surface area contributed by atoms with Crippen molar-refractivity contribution in [2.45, 2.75) is 42.9 Å². The molecule has 2 aliphatic heterocycles. The fourth-order valence-electron chi connectivity index (χ4n) is 3.82. The number of hydrogen-bond acceptors (Lipinski definition) is 4. The molecule has 1 aromatic rings. The smallest absolute Gasteiger partial charge is 0.376 e. The van der Waals surface area contributed by atoms with E-state index in [0.717, 1.165) is 35.3 Å². The van der Waals surface area contributed by atoms with Crippen LogP contribution in [0.25, 0.3) is 0 Å². The van der Waals surface area contributed by atoms with E-state index >= 15 is 0 Å². The largest absolute Gasteiger partial charge is 0.416 e. The Kier molecular flexibility index (Phi) is 6.54.